The second kappa shape index (κ2) is 7.49. The maximum absolute atomic E-state index is 12.8. The zero-order valence-corrected chi connectivity index (χ0v) is 13.0. The molecule has 2 atom stereocenters. The van der Waals surface area contributed by atoms with Crippen LogP contribution >= 0.6 is 0 Å². The second-order valence-corrected chi connectivity index (χ2v) is 5.39. The molecule has 24 heavy (non-hydrogen) atoms. The van der Waals surface area contributed by atoms with E-state index in [1.54, 1.807) is 30.3 Å². The van der Waals surface area contributed by atoms with Gasteiger partial charge in [0.05, 0.1) is 24.7 Å². The van der Waals surface area contributed by atoms with Crippen LogP contribution in [0.1, 0.15) is 22.8 Å². The average molecular weight is 338 g/mol. The van der Waals surface area contributed by atoms with Gasteiger partial charge in [-0.2, -0.15) is 13.2 Å². The van der Waals surface area contributed by atoms with Crippen LogP contribution in [0.15, 0.2) is 54.6 Å². The smallest absolute Gasteiger partial charge is 0.416 e. The number of alkyl halides is 3. The molecule has 128 valence electrons. The molecule has 0 fully saturated rings. The summed E-state index contributed by atoms with van der Waals surface area (Å²) in [6.45, 7) is 0. The molecule has 2 aromatic carbocycles. The minimum Gasteiger partial charge on any atom is -0.469 e. The van der Waals surface area contributed by atoms with E-state index < -0.39 is 29.7 Å². The number of methoxy groups -OCH3 is 1. The van der Waals surface area contributed by atoms with Crippen LogP contribution in [-0.4, -0.2) is 18.2 Å². The SMILES string of the molecule is COC(=O)C(Cc1cccc(C(F)(F)F)c1)C(O)c1ccccc1. The predicted octanol–water partition coefficient (Wildman–Crippen LogP) is 3.77. The second-order valence-electron chi connectivity index (χ2n) is 5.39. The number of carbonyl (C=O) groups excluding carboxylic acids is 1. The van der Waals surface area contributed by atoms with Crippen LogP contribution in [0.3, 0.4) is 0 Å². The van der Waals surface area contributed by atoms with E-state index in [9.17, 15) is 23.1 Å². The lowest BCUT2D eigenvalue weighted by molar-refractivity contribution is -0.149. The summed E-state index contributed by atoms with van der Waals surface area (Å²) < 4.78 is 43.1. The number of aliphatic hydroxyl groups excluding tert-OH is 1. The highest BCUT2D eigenvalue weighted by Gasteiger charge is 2.32. The van der Waals surface area contributed by atoms with Crippen molar-refractivity contribution in [2.75, 3.05) is 7.11 Å². The normalized spacial score (nSPS) is 14.0. The van der Waals surface area contributed by atoms with Gasteiger partial charge in [-0.15, -0.1) is 0 Å². The molecule has 6 heteroatoms. The van der Waals surface area contributed by atoms with Gasteiger partial charge in [0.15, 0.2) is 0 Å². The van der Waals surface area contributed by atoms with Gasteiger partial charge < -0.3 is 9.84 Å². The highest BCUT2D eigenvalue weighted by atomic mass is 19.4. The van der Waals surface area contributed by atoms with Crippen molar-refractivity contribution in [3.05, 3.63) is 71.3 Å². The third-order valence-electron chi connectivity index (χ3n) is 3.74. The third-order valence-corrected chi connectivity index (χ3v) is 3.74. The Morgan fingerprint density at radius 3 is 2.38 bits per heavy atom. The van der Waals surface area contributed by atoms with Crippen LogP contribution in [0.2, 0.25) is 0 Å². The molecule has 0 radical (unpaired) electrons. The lowest BCUT2D eigenvalue weighted by atomic mass is 9.89. The monoisotopic (exact) mass is 338 g/mol. The van der Waals surface area contributed by atoms with Crippen LogP contribution in [-0.2, 0) is 22.1 Å². The molecule has 0 heterocycles. The third kappa shape index (κ3) is 4.35. The number of hydrogen-bond donors (Lipinski definition) is 1. The van der Waals surface area contributed by atoms with E-state index >= 15 is 0 Å². The van der Waals surface area contributed by atoms with E-state index in [1.165, 1.54) is 19.2 Å². The van der Waals surface area contributed by atoms with E-state index in [1.807, 2.05) is 0 Å². The van der Waals surface area contributed by atoms with Crippen molar-refractivity contribution in [2.24, 2.45) is 5.92 Å². The maximum Gasteiger partial charge on any atom is 0.416 e. The summed E-state index contributed by atoms with van der Waals surface area (Å²) in [5.41, 5.74) is 0.00731. The molecule has 3 nitrogen and oxygen atoms in total. The Bertz CT molecular complexity index is 683. The number of hydrogen-bond acceptors (Lipinski definition) is 3. The molecule has 0 spiro atoms. The first-order chi connectivity index (χ1) is 11.3. The first-order valence-electron chi connectivity index (χ1n) is 7.30. The van der Waals surface area contributed by atoms with Gasteiger partial charge in [-0.1, -0.05) is 48.5 Å². The van der Waals surface area contributed by atoms with Crippen molar-refractivity contribution in [1.82, 2.24) is 0 Å². The summed E-state index contributed by atoms with van der Waals surface area (Å²) in [6, 6.07) is 13.2. The Labute approximate surface area is 137 Å². The number of halogens is 3. The largest absolute Gasteiger partial charge is 0.469 e. The molecule has 0 aliphatic carbocycles. The zero-order chi connectivity index (χ0) is 17.7. The molecule has 2 aromatic rings. The molecule has 2 rings (SSSR count). The zero-order valence-electron chi connectivity index (χ0n) is 13.0. The van der Waals surface area contributed by atoms with Crippen molar-refractivity contribution in [3.63, 3.8) is 0 Å². The Morgan fingerprint density at radius 2 is 1.79 bits per heavy atom. The Morgan fingerprint density at radius 1 is 1.12 bits per heavy atom. The van der Waals surface area contributed by atoms with E-state index in [2.05, 4.69) is 0 Å². The molecule has 1 N–H and O–H groups in total. The predicted molar refractivity (Wildman–Crippen MR) is 82.1 cm³/mol. The van der Waals surface area contributed by atoms with E-state index in [4.69, 9.17) is 4.74 Å². The molecule has 0 aliphatic heterocycles. The van der Waals surface area contributed by atoms with Crippen molar-refractivity contribution >= 4 is 5.97 Å². The molecular weight excluding hydrogens is 321 g/mol. The van der Waals surface area contributed by atoms with Gasteiger partial charge in [0, 0.05) is 0 Å². The van der Waals surface area contributed by atoms with Crippen LogP contribution < -0.4 is 0 Å². The van der Waals surface area contributed by atoms with Gasteiger partial charge in [0.2, 0.25) is 0 Å². The fourth-order valence-electron chi connectivity index (χ4n) is 2.49. The molecule has 2 unspecified atom stereocenters. The summed E-state index contributed by atoms with van der Waals surface area (Å²) in [7, 11) is 1.18. The summed E-state index contributed by atoms with van der Waals surface area (Å²) in [6.07, 6.45) is -5.70. The fraction of sp³-hybridized carbons (Fsp3) is 0.278. The maximum atomic E-state index is 12.8. The molecule has 0 bridgehead atoms. The van der Waals surface area contributed by atoms with Crippen molar-refractivity contribution < 1.29 is 27.8 Å². The topological polar surface area (TPSA) is 46.5 Å². The number of ether oxygens (including phenoxy) is 1. The highest BCUT2D eigenvalue weighted by molar-refractivity contribution is 5.73. The van der Waals surface area contributed by atoms with Crippen molar-refractivity contribution in [1.29, 1.82) is 0 Å². The van der Waals surface area contributed by atoms with Gasteiger partial charge in [0.1, 0.15) is 0 Å². The summed E-state index contributed by atoms with van der Waals surface area (Å²) in [4.78, 5) is 12.0. The van der Waals surface area contributed by atoms with Gasteiger partial charge >= 0.3 is 12.1 Å². The minimum absolute atomic E-state index is 0.0628. The van der Waals surface area contributed by atoms with E-state index in [0.29, 0.717) is 11.1 Å². The summed E-state index contributed by atoms with van der Waals surface area (Å²) in [5.74, 6) is -1.68. The Hall–Kier alpha value is -2.34. The van der Waals surface area contributed by atoms with Crippen molar-refractivity contribution in [3.8, 4) is 0 Å². The van der Waals surface area contributed by atoms with E-state index in [0.717, 1.165) is 12.1 Å². The molecule has 0 saturated heterocycles. The first-order valence-corrected chi connectivity index (χ1v) is 7.30. The lowest BCUT2D eigenvalue weighted by Crippen LogP contribution is -2.26. The number of rotatable bonds is 5. The highest BCUT2D eigenvalue weighted by Crippen LogP contribution is 2.31. The van der Waals surface area contributed by atoms with Crippen LogP contribution in [0.4, 0.5) is 13.2 Å². The lowest BCUT2D eigenvalue weighted by Gasteiger charge is -2.21. The summed E-state index contributed by atoms with van der Waals surface area (Å²) in [5, 5.41) is 10.4. The Balaban J connectivity index is 2.29. The first kappa shape index (κ1) is 18.0. The molecule has 0 aromatic heterocycles. The number of carbonyl (C=O) groups is 1. The number of aliphatic hydroxyl groups is 1. The standard InChI is InChI=1S/C18H17F3O3/c1-24-17(23)15(16(22)13-7-3-2-4-8-13)11-12-6-5-9-14(10-12)18(19,20)21/h2-10,15-16,22H,11H2,1H3. The average Bonchev–Trinajstić information content (AvgIpc) is 2.58. The van der Waals surface area contributed by atoms with Gasteiger partial charge in [-0.05, 0) is 23.6 Å². The summed E-state index contributed by atoms with van der Waals surface area (Å²) >= 11 is 0. The van der Waals surface area contributed by atoms with Crippen LogP contribution in [0.25, 0.3) is 0 Å². The fourth-order valence-corrected chi connectivity index (χ4v) is 2.49. The Kier molecular flexibility index (Phi) is 5.62. The van der Waals surface area contributed by atoms with E-state index in [-0.39, 0.29) is 6.42 Å². The molecule has 0 saturated carbocycles. The number of benzene rings is 2. The minimum atomic E-state index is -4.46. The van der Waals surface area contributed by atoms with Crippen molar-refractivity contribution in [2.45, 2.75) is 18.7 Å². The molecule has 0 aliphatic rings. The quantitative estimate of drug-likeness (QED) is 0.844. The molecular formula is C18H17F3O3. The van der Waals surface area contributed by atoms with Gasteiger partial charge in [0.25, 0.3) is 0 Å². The van der Waals surface area contributed by atoms with Crippen LogP contribution in [0.5, 0.6) is 0 Å². The van der Waals surface area contributed by atoms with Crippen LogP contribution in [0, 0.1) is 5.92 Å². The van der Waals surface area contributed by atoms with Gasteiger partial charge in [-0.25, -0.2) is 0 Å². The molecule has 0 amide bonds. The number of esters is 1. The van der Waals surface area contributed by atoms with Gasteiger partial charge in [-0.3, -0.25) is 4.79 Å².